The van der Waals surface area contributed by atoms with E-state index in [2.05, 4.69) is 24.1 Å². The number of nitrogens with one attached hydrogen (secondary N) is 1. The number of rotatable bonds is 1. The van der Waals surface area contributed by atoms with Crippen molar-refractivity contribution in [3.63, 3.8) is 0 Å². The third-order valence-electron chi connectivity index (χ3n) is 3.92. The van der Waals surface area contributed by atoms with Gasteiger partial charge in [0.25, 0.3) is 11.7 Å². The first-order valence-corrected chi connectivity index (χ1v) is 7.51. The number of benzene rings is 1. The second-order valence-electron chi connectivity index (χ2n) is 5.02. The lowest BCUT2D eigenvalue weighted by molar-refractivity contribution is -0.112. The summed E-state index contributed by atoms with van der Waals surface area (Å²) >= 11 is 1.99. The van der Waals surface area contributed by atoms with E-state index in [0.717, 1.165) is 18.0 Å². The Bertz CT molecular complexity index is 558. The van der Waals surface area contributed by atoms with Crippen LogP contribution in [0.1, 0.15) is 24.2 Å². The number of hydrogen-bond acceptors (Lipinski definition) is 4. The molecule has 4 nitrogen and oxygen atoms in total. The smallest absolute Gasteiger partial charge is 0.296 e. The molecule has 19 heavy (non-hydrogen) atoms. The number of thioether (sulfide) groups is 1. The number of carbonyl (C=O) groups is 2. The third-order valence-corrected chi connectivity index (χ3v) is 5.26. The fourth-order valence-corrected chi connectivity index (χ4v) is 3.71. The highest BCUT2D eigenvalue weighted by Crippen LogP contribution is 2.33. The Hall–Kier alpha value is -1.49. The molecule has 2 atom stereocenters. The van der Waals surface area contributed by atoms with Crippen molar-refractivity contribution in [1.29, 1.82) is 0 Å². The molecule has 2 heterocycles. The zero-order valence-corrected chi connectivity index (χ0v) is 11.8. The van der Waals surface area contributed by atoms with Crippen LogP contribution in [0.5, 0.6) is 0 Å². The highest BCUT2D eigenvalue weighted by molar-refractivity contribution is 8.00. The summed E-state index contributed by atoms with van der Waals surface area (Å²) in [6, 6.07) is 6.06. The van der Waals surface area contributed by atoms with Crippen LogP contribution in [0.2, 0.25) is 0 Å². The number of fused-ring (bicyclic) bond motifs is 1. The number of nitrogens with zero attached hydrogens (tertiary/aromatic N) is 1. The van der Waals surface area contributed by atoms with Crippen LogP contribution in [-0.2, 0) is 4.79 Å². The molecule has 1 aromatic rings. The first kappa shape index (κ1) is 12.5. The number of amides is 1. The van der Waals surface area contributed by atoms with E-state index in [1.165, 1.54) is 0 Å². The molecule has 1 fully saturated rings. The SMILES string of the molecule is CC1SCCN(c2ccc3c(c2)NC(=O)C3=O)C1C. The summed E-state index contributed by atoms with van der Waals surface area (Å²) in [4.78, 5) is 25.3. The first-order chi connectivity index (χ1) is 9.08. The van der Waals surface area contributed by atoms with Crippen LogP contribution < -0.4 is 10.2 Å². The number of Topliss-reactive ketones (excluding diaryl/α,β-unsaturated/α-hetero) is 1. The number of carbonyl (C=O) groups excluding carboxylic acids is 2. The number of anilines is 2. The van der Waals surface area contributed by atoms with Gasteiger partial charge in [0.2, 0.25) is 0 Å². The molecule has 0 aliphatic carbocycles. The van der Waals surface area contributed by atoms with Crippen molar-refractivity contribution in [3.8, 4) is 0 Å². The van der Waals surface area contributed by atoms with E-state index in [1.807, 2.05) is 23.9 Å². The van der Waals surface area contributed by atoms with Crippen molar-refractivity contribution in [2.75, 3.05) is 22.5 Å². The van der Waals surface area contributed by atoms with Gasteiger partial charge >= 0.3 is 0 Å². The van der Waals surface area contributed by atoms with Crippen molar-refractivity contribution in [1.82, 2.24) is 0 Å². The molecule has 0 spiro atoms. The molecular formula is C14H16N2O2S. The lowest BCUT2D eigenvalue weighted by Crippen LogP contribution is -2.44. The monoisotopic (exact) mass is 276 g/mol. The molecule has 1 amide bonds. The lowest BCUT2D eigenvalue weighted by Gasteiger charge is -2.39. The van der Waals surface area contributed by atoms with Gasteiger partial charge in [0.05, 0.1) is 11.3 Å². The van der Waals surface area contributed by atoms with Crippen LogP contribution in [-0.4, -0.2) is 35.3 Å². The minimum absolute atomic E-state index is 0.433. The van der Waals surface area contributed by atoms with Gasteiger partial charge in [0.1, 0.15) is 0 Å². The summed E-state index contributed by atoms with van der Waals surface area (Å²) in [5.74, 6) is 0.147. The highest BCUT2D eigenvalue weighted by Gasteiger charge is 2.30. The molecule has 2 aliphatic rings. The second-order valence-corrected chi connectivity index (χ2v) is 6.51. The normalized spacial score (nSPS) is 26.3. The van der Waals surface area contributed by atoms with Gasteiger partial charge in [-0.2, -0.15) is 11.8 Å². The van der Waals surface area contributed by atoms with Crippen molar-refractivity contribution in [2.45, 2.75) is 25.1 Å². The molecular weight excluding hydrogens is 260 g/mol. The zero-order valence-electron chi connectivity index (χ0n) is 11.0. The number of ketones is 1. The maximum Gasteiger partial charge on any atom is 0.296 e. The quantitative estimate of drug-likeness (QED) is 0.799. The van der Waals surface area contributed by atoms with E-state index in [9.17, 15) is 9.59 Å². The predicted octanol–water partition coefficient (Wildman–Crippen LogP) is 2.15. The van der Waals surface area contributed by atoms with E-state index in [1.54, 1.807) is 6.07 Å². The van der Waals surface area contributed by atoms with Gasteiger partial charge in [0, 0.05) is 29.3 Å². The number of hydrogen-bond donors (Lipinski definition) is 1. The molecule has 2 unspecified atom stereocenters. The van der Waals surface area contributed by atoms with Crippen LogP contribution in [0.25, 0.3) is 0 Å². The van der Waals surface area contributed by atoms with Gasteiger partial charge in [-0.3, -0.25) is 9.59 Å². The van der Waals surface area contributed by atoms with Crippen molar-refractivity contribution < 1.29 is 9.59 Å². The highest BCUT2D eigenvalue weighted by atomic mass is 32.2. The minimum Gasteiger partial charge on any atom is -0.367 e. The van der Waals surface area contributed by atoms with E-state index in [4.69, 9.17) is 0 Å². The molecule has 1 N–H and O–H groups in total. The molecule has 3 rings (SSSR count). The van der Waals surface area contributed by atoms with Crippen LogP contribution in [0.4, 0.5) is 11.4 Å². The fourth-order valence-electron chi connectivity index (χ4n) is 2.61. The van der Waals surface area contributed by atoms with Gasteiger partial charge in [-0.05, 0) is 25.1 Å². The Morgan fingerprint density at radius 3 is 2.89 bits per heavy atom. The Morgan fingerprint density at radius 1 is 1.32 bits per heavy atom. The molecule has 1 aromatic carbocycles. The standard InChI is InChI=1S/C14H16N2O2S/c1-8-9(2)19-6-5-16(8)10-3-4-11-12(7-10)15-14(18)13(11)17/h3-4,7-9H,5-6H2,1-2H3,(H,15,17,18). The average Bonchev–Trinajstić information content (AvgIpc) is 2.68. The Balaban J connectivity index is 1.93. The lowest BCUT2D eigenvalue weighted by atomic mass is 10.1. The summed E-state index contributed by atoms with van der Waals surface area (Å²) in [7, 11) is 0. The molecule has 0 bridgehead atoms. The van der Waals surface area contributed by atoms with Crippen molar-refractivity contribution in [3.05, 3.63) is 23.8 Å². The Morgan fingerprint density at radius 2 is 2.11 bits per heavy atom. The van der Waals surface area contributed by atoms with Gasteiger partial charge in [-0.25, -0.2) is 0 Å². The Kier molecular flexibility index (Phi) is 3.01. The molecule has 0 radical (unpaired) electrons. The van der Waals surface area contributed by atoms with Gasteiger partial charge in [-0.15, -0.1) is 0 Å². The van der Waals surface area contributed by atoms with Gasteiger partial charge < -0.3 is 10.2 Å². The summed E-state index contributed by atoms with van der Waals surface area (Å²) in [5.41, 5.74) is 2.21. The third kappa shape index (κ3) is 2.02. The van der Waals surface area contributed by atoms with Crippen molar-refractivity contribution in [2.24, 2.45) is 0 Å². The average molecular weight is 276 g/mol. The first-order valence-electron chi connectivity index (χ1n) is 6.46. The van der Waals surface area contributed by atoms with Gasteiger partial charge in [0.15, 0.2) is 0 Å². The zero-order chi connectivity index (χ0) is 13.6. The van der Waals surface area contributed by atoms with E-state index in [0.29, 0.717) is 22.5 Å². The summed E-state index contributed by atoms with van der Waals surface area (Å²) in [6.45, 7) is 5.45. The molecule has 0 saturated carbocycles. The van der Waals surface area contributed by atoms with E-state index < -0.39 is 11.7 Å². The van der Waals surface area contributed by atoms with E-state index in [-0.39, 0.29) is 0 Å². The molecule has 1 saturated heterocycles. The van der Waals surface area contributed by atoms with Crippen LogP contribution in [0.3, 0.4) is 0 Å². The maximum atomic E-state index is 11.6. The summed E-state index contributed by atoms with van der Waals surface area (Å²) in [6.07, 6.45) is 0. The second kappa shape index (κ2) is 4.56. The van der Waals surface area contributed by atoms with Crippen LogP contribution >= 0.6 is 11.8 Å². The summed E-state index contributed by atoms with van der Waals surface area (Å²) < 4.78 is 0. The predicted molar refractivity (Wildman–Crippen MR) is 78.1 cm³/mol. The molecule has 100 valence electrons. The fraction of sp³-hybridized carbons (Fsp3) is 0.429. The topological polar surface area (TPSA) is 49.4 Å². The Labute approximate surface area is 116 Å². The molecule has 2 aliphatic heterocycles. The van der Waals surface area contributed by atoms with Crippen LogP contribution in [0.15, 0.2) is 18.2 Å². The minimum atomic E-state index is -0.525. The van der Waals surface area contributed by atoms with Crippen LogP contribution in [0, 0.1) is 0 Å². The van der Waals surface area contributed by atoms with E-state index >= 15 is 0 Å². The molecule has 0 aromatic heterocycles. The van der Waals surface area contributed by atoms with Gasteiger partial charge in [-0.1, -0.05) is 6.92 Å². The maximum absolute atomic E-state index is 11.6. The molecule has 5 heteroatoms. The summed E-state index contributed by atoms with van der Waals surface area (Å²) in [5, 5.41) is 3.21. The van der Waals surface area contributed by atoms with Crippen molar-refractivity contribution >= 4 is 34.8 Å². The largest absolute Gasteiger partial charge is 0.367 e.